The summed E-state index contributed by atoms with van der Waals surface area (Å²) in [6, 6.07) is 0. The summed E-state index contributed by atoms with van der Waals surface area (Å²) in [6.07, 6.45) is 0. The van der Waals surface area contributed by atoms with Crippen molar-refractivity contribution in [2.75, 3.05) is 0 Å². The molecule has 0 aromatic heterocycles. The highest BCUT2D eigenvalue weighted by Crippen LogP contribution is 2.67. The molecule has 3 unspecified atom stereocenters. The van der Waals surface area contributed by atoms with E-state index in [1.807, 2.05) is 0 Å². The molecule has 84 valence electrons. The Morgan fingerprint density at radius 1 is 1.21 bits per heavy atom. The van der Waals surface area contributed by atoms with E-state index >= 15 is 0 Å². The molecule has 0 amide bonds. The van der Waals surface area contributed by atoms with Crippen LogP contribution in [0.2, 0.25) is 0 Å². The van der Waals surface area contributed by atoms with Gasteiger partial charge in [0, 0.05) is 0 Å². The summed E-state index contributed by atoms with van der Waals surface area (Å²) in [5, 5.41) is 0. The Kier molecular flexibility index (Phi) is 3.64. The number of alkyl halides is 3. The predicted molar refractivity (Wildman–Crippen MR) is 47.0 cm³/mol. The molecule has 1 heterocycles. The zero-order valence-corrected chi connectivity index (χ0v) is 10.1. The Bertz CT molecular complexity index is 329. The molecule has 0 saturated carbocycles. The average molecular weight is 307 g/mol. The Balaban J connectivity index is 3.07. The maximum Gasteiger partial charge on any atom is 0.483 e. The van der Waals surface area contributed by atoms with Gasteiger partial charge < -0.3 is 9.79 Å². The fraction of sp³-hybridized carbons (Fsp3) is 1.00. The molecule has 0 aliphatic carbocycles. The molecule has 0 aromatic rings. The van der Waals surface area contributed by atoms with E-state index in [0.29, 0.717) is 0 Å². The van der Waals surface area contributed by atoms with Gasteiger partial charge in [-0.2, -0.15) is 4.31 Å². The van der Waals surface area contributed by atoms with Crippen molar-refractivity contribution in [2.45, 2.75) is 10.1 Å². The van der Waals surface area contributed by atoms with Gasteiger partial charge in [0.1, 0.15) is 0 Å². The molecule has 14 heavy (non-hydrogen) atoms. The van der Waals surface area contributed by atoms with E-state index < -0.39 is 25.7 Å². The van der Waals surface area contributed by atoms with E-state index in [4.69, 9.17) is 44.6 Å². The molecule has 1 aliphatic heterocycles. The number of hydrogen-bond acceptors (Lipinski definition) is 5. The molecule has 1 aliphatic rings. The first-order valence-electron chi connectivity index (χ1n) is 2.82. The second kappa shape index (κ2) is 3.86. The number of hydrogen-bond donors (Lipinski definition) is 2. The molecule has 7 nitrogen and oxygen atoms in total. The molecule has 1 fully saturated rings. The molecule has 0 radical (unpaired) electrons. The van der Waals surface area contributed by atoms with Gasteiger partial charge in [0.2, 0.25) is 5.56 Å². The first-order chi connectivity index (χ1) is 6.04. The van der Waals surface area contributed by atoms with Crippen molar-refractivity contribution in [3.63, 3.8) is 0 Å². The Labute approximate surface area is 93.0 Å². The van der Waals surface area contributed by atoms with Crippen LogP contribution in [0.15, 0.2) is 0 Å². The van der Waals surface area contributed by atoms with Crippen LogP contribution in [0.5, 0.6) is 0 Å². The van der Waals surface area contributed by atoms with Crippen molar-refractivity contribution in [1.29, 1.82) is 0 Å². The summed E-state index contributed by atoms with van der Waals surface area (Å²) in [6.45, 7) is 0. The fourth-order valence-corrected chi connectivity index (χ4v) is 3.80. The van der Waals surface area contributed by atoms with Crippen LogP contribution in [0.1, 0.15) is 0 Å². The summed E-state index contributed by atoms with van der Waals surface area (Å²) in [4.78, 5) is 17.6. The molecule has 1 rings (SSSR count). The average Bonchev–Trinajstić information content (AvgIpc) is 1.81. The van der Waals surface area contributed by atoms with Crippen LogP contribution in [0, 0.1) is 0 Å². The van der Waals surface area contributed by atoms with Crippen molar-refractivity contribution in [2.24, 2.45) is 0 Å². The van der Waals surface area contributed by atoms with Crippen LogP contribution >= 0.6 is 50.4 Å². The van der Waals surface area contributed by atoms with Gasteiger partial charge in [-0.25, -0.2) is 13.7 Å². The van der Waals surface area contributed by atoms with Crippen LogP contribution in [-0.2, 0) is 22.5 Å². The van der Waals surface area contributed by atoms with E-state index in [1.165, 1.54) is 0 Å². The van der Waals surface area contributed by atoms with Crippen molar-refractivity contribution in [1.82, 2.24) is 0 Å². The van der Waals surface area contributed by atoms with E-state index in [2.05, 4.69) is 13.4 Å². The standard InChI is InChI=1S/C2H3Cl3O7P2/c3-1-2(4,5)11-14(8,9)12-13(6,7)10-1/h1H,(H,6,7)(H,8,9). The minimum Gasteiger partial charge on any atom is -0.302 e. The lowest BCUT2D eigenvalue weighted by molar-refractivity contribution is 0.120. The van der Waals surface area contributed by atoms with E-state index in [9.17, 15) is 9.13 Å². The van der Waals surface area contributed by atoms with Crippen LogP contribution in [-0.4, -0.2) is 19.9 Å². The molecule has 3 atom stereocenters. The van der Waals surface area contributed by atoms with Crippen molar-refractivity contribution >= 4 is 50.4 Å². The third-order valence-corrected chi connectivity index (χ3v) is 5.09. The molecule has 0 bridgehead atoms. The lowest BCUT2D eigenvalue weighted by atomic mass is 10.8. The van der Waals surface area contributed by atoms with Crippen LogP contribution in [0.3, 0.4) is 0 Å². The first-order valence-corrected chi connectivity index (χ1v) is 7.00. The highest BCUT2D eigenvalue weighted by molar-refractivity contribution is 7.61. The van der Waals surface area contributed by atoms with Gasteiger partial charge in [-0.05, 0) is 0 Å². The molecule has 2 N–H and O–H groups in total. The molecule has 12 heteroatoms. The SMILES string of the molecule is O=P1(O)OC(Cl)C(Cl)(Cl)OP(=O)(O)O1. The highest BCUT2D eigenvalue weighted by atomic mass is 35.5. The Morgan fingerprint density at radius 2 is 1.71 bits per heavy atom. The summed E-state index contributed by atoms with van der Waals surface area (Å²) < 4.78 is 31.2. The van der Waals surface area contributed by atoms with Gasteiger partial charge in [0.15, 0.2) is 0 Å². The second-order valence-corrected chi connectivity index (χ2v) is 6.73. The molecular weight excluding hydrogens is 304 g/mol. The van der Waals surface area contributed by atoms with Crippen LogP contribution < -0.4 is 0 Å². The second-order valence-electron chi connectivity index (χ2n) is 2.09. The summed E-state index contributed by atoms with van der Waals surface area (Å²) in [7, 11) is -9.72. The lowest BCUT2D eigenvalue weighted by Gasteiger charge is -2.20. The minimum absolute atomic E-state index is 1.84. The topological polar surface area (TPSA) is 102 Å². The van der Waals surface area contributed by atoms with Crippen molar-refractivity contribution in [3.8, 4) is 0 Å². The summed E-state index contributed by atoms with van der Waals surface area (Å²) >= 11 is 15.8. The monoisotopic (exact) mass is 306 g/mol. The van der Waals surface area contributed by atoms with Crippen molar-refractivity contribution in [3.05, 3.63) is 0 Å². The quantitative estimate of drug-likeness (QED) is 0.521. The maximum atomic E-state index is 10.9. The number of phosphoric acid groups is 2. The van der Waals surface area contributed by atoms with Gasteiger partial charge >= 0.3 is 15.6 Å². The van der Waals surface area contributed by atoms with Gasteiger partial charge in [-0.15, -0.1) is 0 Å². The van der Waals surface area contributed by atoms with Gasteiger partial charge in [-0.1, -0.05) is 34.8 Å². The smallest absolute Gasteiger partial charge is 0.302 e. The summed E-state index contributed by atoms with van der Waals surface area (Å²) in [5.74, 6) is 0. The maximum absolute atomic E-state index is 10.9. The third kappa shape index (κ3) is 3.32. The zero-order valence-electron chi connectivity index (χ0n) is 6.04. The van der Waals surface area contributed by atoms with Gasteiger partial charge in [0.05, 0.1) is 0 Å². The van der Waals surface area contributed by atoms with E-state index in [0.717, 1.165) is 0 Å². The van der Waals surface area contributed by atoms with Crippen LogP contribution in [0.4, 0.5) is 0 Å². The number of rotatable bonds is 0. The highest BCUT2D eigenvalue weighted by Gasteiger charge is 2.53. The number of phosphoric ester groups is 2. The van der Waals surface area contributed by atoms with Gasteiger partial charge in [0.25, 0.3) is 4.52 Å². The van der Waals surface area contributed by atoms with Crippen molar-refractivity contribution < 1.29 is 32.3 Å². The third-order valence-electron chi connectivity index (χ3n) is 0.933. The van der Waals surface area contributed by atoms with E-state index in [1.54, 1.807) is 0 Å². The normalized spacial score (nSPS) is 48.5. The molecule has 0 aromatic carbocycles. The van der Waals surface area contributed by atoms with E-state index in [-0.39, 0.29) is 0 Å². The predicted octanol–water partition coefficient (Wildman–Crippen LogP) is 1.95. The molecular formula is C2H3Cl3O7P2. The Hall–Kier alpha value is 1.13. The largest absolute Gasteiger partial charge is 0.483 e. The zero-order chi connectivity index (χ0) is 11.2. The van der Waals surface area contributed by atoms with Crippen LogP contribution in [0.25, 0.3) is 0 Å². The number of halogens is 3. The first kappa shape index (κ1) is 13.2. The Morgan fingerprint density at radius 3 is 2.21 bits per heavy atom. The minimum atomic E-state index is -4.90. The molecule has 1 saturated heterocycles. The molecule has 0 spiro atoms. The fourth-order valence-electron chi connectivity index (χ4n) is 0.540. The lowest BCUT2D eigenvalue weighted by Crippen LogP contribution is -2.28. The van der Waals surface area contributed by atoms with Gasteiger partial charge in [-0.3, -0.25) is 4.52 Å². The summed E-state index contributed by atoms with van der Waals surface area (Å²) in [5.41, 5.74) is -1.84.